The standard InChI is InChI=1S/C17H32N2/c1-4-5-11-19-13-16(12-15(2)3)18-14-17(19)9-7-6-8-10-17/h4-5,15-16,18H,6-14H2,1-3H3/b5-4+. The van der Waals surface area contributed by atoms with Gasteiger partial charge in [0.1, 0.15) is 0 Å². The molecule has 1 saturated heterocycles. The molecule has 1 atom stereocenters. The second kappa shape index (κ2) is 6.90. The summed E-state index contributed by atoms with van der Waals surface area (Å²) in [7, 11) is 0. The Morgan fingerprint density at radius 3 is 2.63 bits per heavy atom. The first-order valence-corrected chi connectivity index (χ1v) is 8.26. The second-order valence-corrected chi connectivity index (χ2v) is 6.97. The van der Waals surface area contributed by atoms with Gasteiger partial charge in [0.05, 0.1) is 0 Å². The van der Waals surface area contributed by atoms with E-state index in [1.807, 2.05) is 0 Å². The largest absolute Gasteiger partial charge is 0.311 e. The summed E-state index contributed by atoms with van der Waals surface area (Å²) in [6.45, 7) is 10.4. The summed E-state index contributed by atoms with van der Waals surface area (Å²) >= 11 is 0. The first-order valence-electron chi connectivity index (χ1n) is 8.26. The van der Waals surface area contributed by atoms with Gasteiger partial charge >= 0.3 is 0 Å². The lowest BCUT2D eigenvalue weighted by Crippen LogP contribution is -2.65. The molecule has 1 unspecified atom stereocenters. The van der Waals surface area contributed by atoms with Crippen LogP contribution in [0.15, 0.2) is 12.2 Å². The van der Waals surface area contributed by atoms with E-state index in [0.29, 0.717) is 11.6 Å². The lowest BCUT2D eigenvalue weighted by atomic mass is 9.78. The third-order valence-electron chi connectivity index (χ3n) is 4.93. The maximum atomic E-state index is 3.85. The van der Waals surface area contributed by atoms with Crippen molar-refractivity contribution in [2.75, 3.05) is 19.6 Å². The van der Waals surface area contributed by atoms with Crippen molar-refractivity contribution in [1.29, 1.82) is 0 Å². The van der Waals surface area contributed by atoms with Crippen molar-refractivity contribution in [1.82, 2.24) is 10.2 Å². The number of nitrogens with zero attached hydrogens (tertiary/aromatic N) is 1. The van der Waals surface area contributed by atoms with Gasteiger partial charge < -0.3 is 5.32 Å². The van der Waals surface area contributed by atoms with E-state index in [0.717, 1.165) is 12.5 Å². The highest BCUT2D eigenvalue weighted by atomic mass is 15.3. The van der Waals surface area contributed by atoms with E-state index in [-0.39, 0.29) is 0 Å². The molecule has 1 saturated carbocycles. The molecule has 2 rings (SSSR count). The second-order valence-electron chi connectivity index (χ2n) is 6.97. The SMILES string of the molecule is C/C=C/CN1CC(CC(C)C)NCC12CCCCC2. The van der Waals surface area contributed by atoms with Gasteiger partial charge in [-0.15, -0.1) is 0 Å². The predicted molar refractivity (Wildman–Crippen MR) is 83.4 cm³/mol. The lowest BCUT2D eigenvalue weighted by molar-refractivity contribution is 0.0158. The first-order chi connectivity index (χ1) is 9.16. The van der Waals surface area contributed by atoms with Crippen LogP contribution < -0.4 is 5.32 Å². The van der Waals surface area contributed by atoms with E-state index < -0.39 is 0 Å². The molecular formula is C17H32N2. The van der Waals surface area contributed by atoms with Crippen LogP contribution in [0.5, 0.6) is 0 Å². The van der Waals surface area contributed by atoms with Crippen LogP contribution in [0, 0.1) is 5.92 Å². The van der Waals surface area contributed by atoms with Gasteiger partial charge in [-0.3, -0.25) is 4.90 Å². The zero-order chi connectivity index (χ0) is 13.7. The summed E-state index contributed by atoms with van der Waals surface area (Å²) in [6, 6.07) is 0.692. The maximum Gasteiger partial charge on any atom is 0.0338 e. The van der Waals surface area contributed by atoms with E-state index in [1.54, 1.807) is 0 Å². The summed E-state index contributed by atoms with van der Waals surface area (Å²) < 4.78 is 0. The maximum absolute atomic E-state index is 3.85. The van der Waals surface area contributed by atoms with Crippen molar-refractivity contribution in [2.45, 2.75) is 70.9 Å². The summed E-state index contributed by atoms with van der Waals surface area (Å²) in [5.74, 6) is 0.793. The zero-order valence-electron chi connectivity index (χ0n) is 13.1. The van der Waals surface area contributed by atoms with Gasteiger partial charge in [-0.1, -0.05) is 45.3 Å². The fourth-order valence-electron chi connectivity index (χ4n) is 3.90. The average Bonchev–Trinajstić information content (AvgIpc) is 2.40. The van der Waals surface area contributed by atoms with Crippen LogP contribution in [0.4, 0.5) is 0 Å². The number of rotatable bonds is 4. The molecule has 2 nitrogen and oxygen atoms in total. The summed E-state index contributed by atoms with van der Waals surface area (Å²) in [5, 5.41) is 3.85. The summed E-state index contributed by atoms with van der Waals surface area (Å²) in [6.07, 6.45) is 12.9. The molecule has 2 heteroatoms. The van der Waals surface area contributed by atoms with E-state index >= 15 is 0 Å². The van der Waals surface area contributed by atoms with Gasteiger partial charge in [0.2, 0.25) is 0 Å². The Balaban J connectivity index is 2.02. The average molecular weight is 264 g/mol. The molecule has 1 heterocycles. The van der Waals surface area contributed by atoms with Crippen LogP contribution in [0.3, 0.4) is 0 Å². The Morgan fingerprint density at radius 2 is 2.00 bits per heavy atom. The molecule has 1 N–H and O–H groups in total. The lowest BCUT2D eigenvalue weighted by Gasteiger charge is -2.52. The van der Waals surface area contributed by atoms with Crippen molar-refractivity contribution in [2.24, 2.45) is 5.92 Å². The van der Waals surface area contributed by atoms with Crippen LogP contribution >= 0.6 is 0 Å². The molecule has 19 heavy (non-hydrogen) atoms. The highest BCUT2D eigenvalue weighted by Crippen LogP contribution is 2.35. The molecule has 0 radical (unpaired) electrons. The topological polar surface area (TPSA) is 15.3 Å². The third kappa shape index (κ3) is 3.82. The fourth-order valence-corrected chi connectivity index (χ4v) is 3.90. The monoisotopic (exact) mass is 264 g/mol. The molecule has 2 aliphatic rings. The number of hydrogen-bond donors (Lipinski definition) is 1. The molecule has 110 valence electrons. The summed E-state index contributed by atoms with van der Waals surface area (Å²) in [5.41, 5.74) is 0.464. The van der Waals surface area contributed by atoms with Gasteiger partial charge in [-0.05, 0) is 32.1 Å². The highest BCUT2D eigenvalue weighted by Gasteiger charge is 2.41. The molecule has 1 aliphatic carbocycles. The number of nitrogens with one attached hydrogen (secondary N) is 1. The molecule has 0 aromatic heterocycles. The van der Waals surface area contributed by atoms with E-state index in [9.17, 15) is 0 Å². The van der Waals surface area contributed by atoms with Crippen LogP contribution in [0.25, 0.3) is 0 Å². The van der Waals surface area contributed by atoms with Crippen molar-refractivity contribution in [3.8, 4) is 0 Å². The predicted octanol–water partition coefficient (Wildman–Crippen LogP) is 3.59. The smallest absolute Gasteiger partial charge is 0.0338 e. The van der Waals surface area contributed by atoms with Gasteiger partial charge in [0, 0.05) is 31.2 Å². The molecule has 1 spiro atoms. The van der Waals surface area contributed by atoms with E-state index in [2.05, 4.69) is 43.1 Å². The summed E-state index contributed by atoms with van der Waals surface area (Å²) in [4.78, 5) is 2.79. The molecule has 0 bridgehead atoms. The van der Waals surface area contributed by atoms with Crippen molar-refractivity contribution >= 4 is 0 Å². The molecule has 2 fully saturated rings. The minimum absolute atomic E-state index is 0.464. The third-order valence-corrected chi connectivity index (χ3v) is 4.93. The Bertz CT molecular complexity index is 290. The van der Waals surface area contributed by atoms with Gasteiger partial charge in [-0.2, -0.15) is 0 Å². The quantitative estimate of drug-likeness (QED) is 0.781. The molecule has 1 aliphatic heterocycles. The van der Waals surface area contributed by atoms with E-state index in [1.165, 1.54) is 51.6 Å². The molecule has 0 aromatic rings. The molecular weight excluding hydrogens is 232 g/mol. The van der Waals surface area contributed by atoms with Gasteiger partial charge in [-0.25, -0.2) is 0 Å². The van der Waals surface area contributed by atoms with E-state index in [4.69, 9.17) is 0 Å². The van der Waals surface area contributed by atoms with Crippen molar-refractivity contribution in [3.63, 3.8) is 0 Å². The minimum Gasteiger partial charge on any atom is -0.311 e. The molecule has 0 aromatic carbocycles. The zero-order valence-corrected chi connectivity index (χ0v) is 13.1. The Kier molecular flexibility index (Phi) is 5.47. The van der Waals surface area contributed by atoms with Crippen LogP contribution in [0.2, 0.25) is 0 Å². The van der Waals surface area contributed by atoms with Crippen molar-refractivity contribution < 1.29 is 0 Å². The molecule has 0 amide bonds. The van der Waals surface area contributed by atoms with Crippen LogP contribution in [0.1, 0.15) is 59.3 Å². The number of piperazine rings is 1. The van der Waals surface area contributed by atoms with Gasteiger partial charge in [0.15, 0.2) is 0 Å². The number of hydrogen-bond acceptors (Lipinski definition) is 2. The minimum atomic E-state index is 0.464. The first kappa shape index (κ1) is 15.1. The van der Waals surface area contributed by atoms with Crippen molar-refractivity contribution in [3.05, 3.63) is 12.2 Å². The van der Waals surface area contributed by atoms with Gasteiger partial charge in [0.25, 0.3) is 0 Å². The highest BCUT2D eigenvalue weighted by molar-refractivity contribution is 5.02. The number of allylic oxidation sites excluding steroid dienone is 1. The van der Waals surface area contributed by atoms with Crippen LogP contribution in [-0.2, 0) is 0 Å². The Hall–Kier alpha value is -0.340. The Labute approximate surface area is 119 Å². The normalized spacial score (nSPS) is 28.5. The fraction of sp³-hybridized carbons (Fsp3) is 0.882. The van der Waals surface area contributed by atoms with Crippen LogP contribution in [-0.4, -0.2) is 36.1 Å². The Morgan fingerprint density at radius 1 is 1.26 bits per heavy atom.